The molecular weight excluding hydrogens is 271 g/mol. The van der Waals surface area contributed by atoms with E-state index >= 15 is 0 Å². The van der Waals surface area contributed by atoms with Gasteiger partial charge in [-0.25, -0.2) is 9.18 Å². The smallest absolute Gasteiger partial charge is 0.331 e. The van der Waals surface area contributed by atoms with Crippen molar-refractivity contribution in [2.75, 3.05) is 13.7 Å². The lowest BCUT2D eigenvalue weighted by molar-refractivity contribution is -0.137. The van der Waals surface area contributed by atoms with Crippen LogP contribution in [0.3, 0.4) is 0 Å². The summed E-state index contributed by atoms with van der Waals surface area (Å²) in [6, 6.07) is 8.46. The van der Waals surface area contributed by atoms with Crippen LogP contribution in [0.25, 0.3) is 16.3 Å². The second-order valence-corrected chi connectivity index (χ2v) is 4.62. The van der Waals surface area contributed by atoms with Crippen molar-refractivity contribution in [2.45, 2.75) is 13.8 Å². The first-order valence-electron chi connectivity index (χ1n) is 6.68. The summed E-state index contributed by atoms with van der Waals surface area (Å²) in [5.74, 6) is -0.170. The molecule has 4 heteroatoms. The molecule has 0 fully saturated rings. The van der Waals surface area contributed by atoms with E-state index in [1.807, 2.05) is 6.07 Å². The Morgan fingerprint density at radius 1 is 1.29 bits per heavy atom. The fourth-order valence-electron chi connectivity index (χ4n) is 2.09. The predicted octanol–water partition coefficient (Wildman–Crippen LogP) is 3.95. The van der Waals surface area contributed by atoms with Crippen molar-refractivity contribution in [1.29, 1.82) is 0 Å². The predicted molar refractivity (Wildman–Crippen MR) is 80.7 cm³/mol. The highest BCUT2D eigenvalue weighted by molar-refractivity contribution is 5.93. The van der Waals surface area contributed by atoms with E-state index in [0.29, 0.717) is 28.9 Å². The number of ether oxygens (including phenoxy) is 2. The third kappa shape index (κ3) is 3.40. The molecule has 0 spiro atoms. The number of fused-ring (bicyclic) bond motifs is 1. The number of benzene rings is 2. The molecule has 3 nitrogen and oxygen atoms in total. The third-order valence-corrected chi connectivity index (χ3v) is 3.19. The maximum Gasteiger partial charge on any atom is 0.331 e. The van der Waals surface area contributed by atoms with Crippen LogP contribution >= 0.6 is 0 Å². The van der Waals surface area contributed by atoms with Crippen LogP contribution in [-0.2, 0) is 9.53 Å². The number of hydrogen-bond acceptors (Lipinski definition) is 3. The Kier molecular flexibility index (Phi) is 4.58. The first-order chi connectivity index (χ1) is 10.0. The van der Waals surface area contributed by atoms with Gasteiger partial charge in [-0.05, 0) is 54.6 Å². The molecule has 0 atom stereocenters. The van der Waals surface area contributed by atoms with Crippen molar-refractivity contribution in [3.63, 3.8) is 0 Å². The van der Waals surface area contributed by atoms with Gasteiger partial charge in [0.25, 0.3) is 0 Å². The topological polar surface area (TPSA) is 35.5 Å². The lowest BCUT2D eigenvalue weighted by Gasteiger charge is -2.08. The zero-order chi connectivity index (χ0) is 15.4. The lowest BCUT2D eigenvalue weighted by Crippen LogP contribution is -2.00. The second-order valence-electron chi connectivity index (χ2n) is 4.62. The van der Waals surface area contributed by atoms with Crippen LogP contribution in [0.4, 0.5) is 4.39 Å². The van der Waals surface area contributed by atoms with E-state index in [2.05, 4.69) is 0 Å². The summed E-state index contributed by atoms with van der Waals surface area (Å²) in [6.07, 6.45) is 1.37. The number of carbonyl (C=O) groups excluding carboxylic acids is 1. The molecule has 0 aromatic heterocycles. The molecule has 0 aliphatic rings. The van der Waals surface area contributed by atoms with E-state index in [-0.39, 0.29) is 5.82 Å². The van der Waals surface area contributed by atoms with Crippen LogP contribution < -0.4 is 4.74 Å². The van der Waals surface area contributed by atoms with Gasteiger partial charge in [0, 0.05) is 11.5 Å². The Hall–Kier alpha value is -2.36. The molecule has 0 heterocycles. The van der Waals surface area contributed by atoms with Gasteiger partial charge in [0.2, 0.25) is 0 Å². The van der Waals surface area contributed by atoms with Crippen LogP contribution in [0, 0.1) is 5.82 Å². The van der Waals surface area contributed by atoms with Gasteiger partial charge in [-0.15, -0.1) is 0 Å². The van der Waals surface area contributed by atoms with Crippen LogP contribution in [0.2, 0.25) is 0 Å². The van der Waals surface area contributed by atoms with Crippen molar-refractivity contribution >= 4 is 22.3 Å². The number of methoxy groups -OCH3 is 1. The molecule has 0 saturated carbocycles. The maximum absolute atomic E-state index is 14.2. The summed E-state index contributed by atoms with van der Waals surface area (Å²) < 4.78 is 24.2. The molecule has 2 rings (SSSR count). The Morgan fingerprint density at radius 3 is 2.71 bits per heavy atom. The van der Waals surface area contributed by atoms with Crippen molar-refractivity contribution in [3.8, 4) is 5.75 Å². The average molecular weight is 288 g/mol. The molecule has 0 aliphatic heterocycles. The van der Waals surface area contributed by atoms with Crippen molar-refractivity contribution in [1.82, 2.24) is 0 Å². The summed E-state index contributed by atoms with van der Waals surface area (Å²) in [4.78, 5) is 11.4. The number of hydrogen-bond donors (Lipinski definition) is 0. The number of carbonyl (C=O) groups is 1. The van der Waals surface area contributed by atoms with Crippen LogP contribution in [0.5, 0.6) is 5.75 Å². The lowest BCUT2D eigenvalue weighted by atomic mass is 10.0. The number of halogens is 1. The number of esters is 1. The Balaban J connectivity index is 2.45. The third-order valence-electron chi connectivity index (χ3n) is 3.19. The average Bonchev–Trinajstić information content (AvgIpc) is 2.47. The minimum atomic E-state index is -0.426. The standard InChI is InChI=1S/C17H17FO3/c1-4-21-17(19)7-11(2)13-8-12-5-6-14(20-3)10-15(12)16(18)9-13/h5-10H,4H2,1-3H3. The Morgan fingerprint density at radius 2 is 2.05 bits per heavy atom. The molecular formula is C17H17FO3. The maximum atomic E-state index is 14.2. The summed E-state index contributed by atoms with van der Waals surface area (Å²) in [5, 5.41) is 1.24. The van der Waals surface area contributed by atoms with E-state index < -0.39 is 5.97 Å². The fraction of sp³-hybridized carbons (Fsp3) is 0.235. The minimum absolute atomic E-state index is 0.314. The zero-order valence-corrected chi connectivity index (χ0v) is 12.3. The Bertz CT molecular complexity index is 704. The van der Waals surface area contributed by atoms with E-state index in [4.69, 9.17) is 9.47 Å². The summed E-state index contributed by atoms with van der Waals surface area (Å²) >= 11 is 0. The van der Waals surface area contributed by atoms with Crippen LogP contribution in [-0.4, -0.2) is 19.7 Å². The highest BCUT2D eigenvalue weighted by Gasteiger charge is 2.08. The first-order valence-corrected chi connectivity index (χ1v) is 6.68. The summed E-state index contributed by atoms with van der Waals surface area (Å²) in [7, 11) is 1.54. The molecule has 0 aliphatic carbocycles. The van der Waals surface area contributed by atoms with Gasteiger partial charge in [-0.3, -0.25) is 0 Å². The highest BCUT2D eigenvalue weighted by Crippen LogP contribution is 2.27. The van der Waals surface area contributed by atoms with Gasteiger partial charge in [0.05, 0.1) is 13.7 Å². The SMILES string of the molecule is CCOC(=O)C=C(C)c1cc(F)c2cc(OC)ccc2c1. The minimum Gasteiger partial charge on any atom is -0.497 e. The summed E-state index contributed by atoms with van der Waals surface area (Å²) in [6.45, 7) is 3.81. The molecule has 2 aromatic rings. The molecule has 0 bridgehead atoms. The molecule has 110 valence electrons. The molecule has 0 saturated heterocycles. The van der Waals surface area contributed by atoms with E-state index in [1.54, 1.807) is 39.2 Å². The second kappa shape index (κ2) is 6.39. The van der Waals surface area contributed by atoms with Crippen molar-refractivity contribution in [3.05, 3.63) is 47.8 Å². The molecule has 0 unspecified atom stereocenters. The van der Waals surface area contributed by atoms with Crippen molar-refractivity contribution in [2.24, 2.45) is 0 Å². The van der Waals surface area contributed by atoms with Crippen LogP contribution in [0.1, 0.15) is 19.4 Å². The van der Waals surface area contributed by atoms with E-state index in [1.165, 1.54) is 12.1 Å². The van der Waals surface area contributed by atoms with Gasteiger partial charge in [0.15, 0.2) is 0 Å². The molecule has 0 radical (unpaired) electrons. The quantitative estimate of drug-likeness (QED) is 0.631. The molecule has 21 heavy (non-hydrogen) atoms. The fourth-order valence-corrected chi connectivity index (χ4v) is 2.09. The largest absolute Gasteiger partial charge is 0.497 e. The molecule has 0 amide bonds. The van der Waals surface area contributed by atoms with Crippen LogP contribution in [0.15, 0.2) is 36.4 Å². The normalized spacial score (nSPS) is 11.5. The molecule has 0 N–H and O–H groups in total. The number of allylic oxidation sites excluding steroid dienone is 1. The highest BCUT2D eigenvalue weighted by atomic mass is 19.1. The van der Waals surface area contributed by atoms with Gasteiger partial charge >= 0.3 is 5.97 Å². The van der Waals surface area contributed by atoms with Gasteiger partial charge in [0.1, 0.15) is 11.6 Å². The van der Waals surface area contributed by atoms with E-state index in [9.17, 15) is 9.18 Å². The van der Waals surface area contributed by atoms with E-state index in [0.717, 1.165) is 5.39 Å². The van der Waals surface area contributed by atoms with Gasteiger partial charge in [-0.2, -0.15) is 0 Å². The number of rotatable bonds is 4. The first kappa shape index (κ1) is 15.0. The van der Waals surface area contributed by atoms with Gasteiger partial charge < -0.3 is 9.47 Å². The summed E-state index contributed by atoms with van der Waals surface area (Å²) in [5.41, 5.74) is 1.31. The molecule has 2 aromatic carbocycles. The monoisotopic (exact) mass is 288 g/mol. The van der Waals surface area contributed by atoms with Gasteiger partial charge in [-0.1, -0.05) is 6.07 Å². The Labute approximate surface area is 123 Å². The zero-order valence-electron chi connectivity index (χ0n) is 12.3. The van der Waals surface area contributed by atoms with Crippen molar-refractivity contribution < 1.29 is 18.7 Å².